The lowest BCUT2D eigenvalue weighted by atomic mass is 10.0. The van der Waals surface area contributed by atoms with Crippen molar-refractivity contribution in [1.82, 2.24) is 0 Å². The van der Waals surface area contributed by atoms with E-state index in [1.165, 1.54) is 0 Å². The van der Waals surface area contributed by atoms with Crippen LogP contribution in [0.25, 0.3) is 0 Å². The molecule has 0 spiro atoms. The predicted molar refractivity (Wildman–Crippen MR) is 89.2 cm³/mol. The number of para-hydroxylation sites is 1. The highest BCUT2D eigenvalue weighted by Crippen LogP contribution is 2.23. The first-order valence-electron chi connectivity index (χ1n) is 7.25. The van der Waals surface area contributed by atoms with Crippen molar-refractivity contribution in [2.75, 3.05) is 17.7 Å². The molecule has 0 aliphatic heterocycles. The number of anilines is 2. The third kappa shape index (κ3) is 3.24. The quantitative estimate of drug-likeness (QED) is 0.884. The van der Waals surface area contributed by atoms with Crippen LogP contribution in [0.2, 0.25) is 0 Å². The summed E-state index contributed by atoms with van der Waals surface area (Å²) in [6.45, 7) is 6.07. The first-order valence-corrected chi connectivity index (χ1v) is 7.25. The summed E-state index contributed by atoms with van der Waals surface area (Å²) in [5, 5.41) is 6.14. The molecule has 2 rings (SSSR count). The van der Waals surface area contributed by atoms with E-state index < -0.39 is 0 Å². The van der Waals surface area contributed by atoms with Gasteiger partial charge in [0.25, 0.3) is 5.91 Å². The predicted octanol–water partition coefficient (Wildman–Crippen LogP) is 4.16. The zero-order valence-corrected chi connectivity index (χ0v) is 13.1. The highest BCUT2D eigenvalue weighted by atomic mass is 16.1. The third-order valence-corrected chi connectivity index (χ3v) is 3.74. The fourth-order valence-corrected chi connectivity index (χ4v) is 2.46. The molecule has 0 radical (unpaired) electrons. The molecule has 0 unspecified atom stereocenters. The molecule has 0 saturated carbocycles. The first kappa shape index (κ1) is 15.1. The summed E-state index contributed by atoms with van der Waals surface area (Å²) in [6.07, 6.45) is 0.898. The zero-order valence-electron chi connectivity index (χ0n) is 13.1. The fourth-order valence-electron chi connectivity index (χ4n) is 2.46. The molecular formula is C18H22N2O. The molecular weight excluding hydrogens is 260 g/mol. The van der Waals surface area contributed by atoms with Crippen molar-refractivity contribution in [3.05, 3.63) is 58.7 Å². The summed E-state index contributed by atoms with van der Waals surface area (Å²) in [5.41, 5.74) is 5.86. The van der Waals surface area contributed by atoms with Crippen molar-refractivity contribution in [3.8, 4) is 0 Å². The molecule has 0 aromatic heterocycles. The lowest BCUT2D eigenvalue weighted by Crippen LogP contribution is -2.15. The van der Waals surface area contributed by atoms with Crippen LogP contribution in [0.5, 0.6) is 0 Å². The lowest BCUT2D eigenvalue weighted by molar-refractivity contribution is 0.102. The van der Waals surface area contributed by atoms with Crippen LogP contribution < -0.4 is 10.6 Å². The highest BCUT2D eigenvalue weighted by molar-refractivity contribution is 6.06. The van der Waals surface area contributed by atoms with Crippen LogP contribution in [0.3, 0.4) is 0 Å². The Bertz CT molecular complexity index is 662. The van der Waals surface area contributed by atoms with Crippen molar-refractivity contribution >= 4 is 17.3 Å². The van der Waals surface area contributed by atoms with Gasteiger partial charge in [-0.15, -0.1) is 0 Å². The second-order valence-corrected chi connectivity index (χ2v) is 5.20. The van der Waals surface area contributed by atoms with Gasteiger partial charge in [0.05, 0.1) is 0 Å². The van der Waals surface area contributed by atoms with Gasteiger partial charge in [-0.25, -0.2) is 0 Å². The number of carbonyl (C=O) groups is 1. The number of hydrogen-bond acceptors (Lipinski definition) is 2. The van der Waals surface area contributed by atoms with E-state index in [0.29, 0.717) is 5.56 Å². The highest BCUT2D eigenvalue weighted by Gasteiger charge is 2.12. The van der Waals surface area contributed by atoms with E-state index in [-0.39, 0.29) is 5.91 Å². The van der Waals surface area contributed by atoms with E-state index in [0.717, 1.165) is 34.5 Å². The molecule has 0 fully saturated rings. The van der Waals surface area contributed by atoms with E-state index in [1.807, 2.05) is 51.2 Å². The number of benzene rings is 2. The molecule has 1 amide bonds. The molecule has 0 heterocycles. The number of aryl methyl sites for hydroxylation is 3. The van der Waals surface area contributed by atoms with Crippen molar-refractivity contribution in [2.24, 2.45) is 0 Å². The SMILES string of the molecule is CCc1cccc(C)c1NC(=O)c1ccc(NC)cc1C. The summed E-state index contributed by atoms with van der Waals surface area (Å²) in [6, 6.07) is 11.9. The van der Waals surface area contributed by atoms with Crippen LogP contribution in [0.4, 0.5) is 11.4 Å². The molecule has 0 aliphatic carbocycles. The maximum absolute atomic E-state index is 12.5. The molecule has 0 saturated heterocycles. The Balaban J connectivity index is 2.30. The maximum atomic E-state index is 12.5. The van der Waals surface area contributed by atoms with Gasteiger partial charge < -0.3 is 10.6 Å². The summed E-state index contributed by atoms with van der Waals surface area (Å²) >= 11 is 0. The normalized spacial score (nSPS) is 10.3. The second-order valence-electron chi connectivity index (χ2n) is 5.20. The molecule has 110 valence electrons. The van der Waals surface area contributed by atoms with Crippen LogP contribution >= 0.6 is 0 Å². The average molecular weight is 282 g/mol. The topological polar surface area (TPSA) is 41.1 Å². The van der Waals surface area contributed by atoms with Crippen molar-refractivity contribution in [1.29, 1.82) is 0 Å². The van der Waals surface area contributed by atoms with Gasteiger partial charge in [-0.3, -0.25) is 4.79 Å². The van der Waals surface area contributed by atoms with Gasteiger partial charge in [0.15, 0.2) is 0 Å². The Morgan fingerprint density at radius 3 is 2.48 bits per heavy atom. The van der Waals surface area contributed by atoms with E-state index in [2.05, 4.69) is 23.6 Å². The maximum Gasteiger partial charge on any atom is 0.255 e. The third-order valence-electron chi connectivity index (χ3n) is 3.74. The molecule has 3 heteroatoms. The van der Waals surface area contributed by atoms with Gasteiger partial charge >= 0.3 is 0 Å². The molecule has 0 atom stereocenters. The molecule has 0 aliphatic rings. The van der Waals surface area contributed by atoms with Gasteiger partial charge in [-0.05, 0) is 55.2 Å². The van der Waals surface area contributed by atoms with Crippen LogP contribution in [-0.2, 0) is 6.42 Å². The van der Waals surface area contributed by atoms with E-state index in [1.54, 1.807) is 0 Å². The number of hydrogen-bond donors (Lipinski definition) is 2. The minimum absolute atomic E-state index is 0.0563. The van der Waals surface area contributed by atoms with Crippen LogP contribution in [0.1, 0.15) is 34.0 Å². The zero-order chi connectivity index (χ0) is 15.4. The second kappa shape index (κ2) is 6.44. The van der Waals surface area contributed by atoms with Gasteiger partial charge in [-0.1, -0.05) is 25.1 Å². The van der Waals surface area contributed by atoms with Crippen molar-refractivity contribution in [2.45, 2.75) is 27.2 Å². The Morgan fingerprint density at radius 1 is 1.10 bits per heavy atom. The van der Waals surface area contributed by atoms with E-state index in [4.69, 9.17) is 0 Å². The Morgan fingerprint density at radius 2 is 1.86 bits per heavy atom. The molecule has 2 aromatic rings. The standard InChI is InChI=1S/C18H22N2O/c1-5-14-8-6-7-12(2)17(14)20-18(21)16-10-9-15(19-4)11-13(16)3/h6-11,19H,5H2,1-4H3,(H,20,21). The Labute approximate surface area is 126 Å². The summed E-state index contributed by atoms with van der Waals surface area (Å²) < 4.78 is 0. The number of rotatable bonds is 4. The van der Waals surface area contributed by atoms with Gasteiger partial charge in [0, 0.05) is 24.0 Å². The van der Waals surface area contributed by atoms with E-state index in [9.17, 15) is 4.79 Å². The van der Waals surface area contributed by atoms with Gasteiger partial charge in [0.1, 0.15) is 0 Å². The lowest BCUT2D eigenvalue weighted by Gasteiger charge is -2.14. The molecule has 21 heavy (non-hydrogen) atoms. The molecule has 0 bridgehead atoms. The molecule has 2 N–H and O–H groups in total. The number of nitrogens with one attached hydrogen (secondary N) is 2. The molecule has 2 aromatic carbocycles. The summed E-state index contributed by atoms with van der Waals surface area (Å²) in [5.74, 6) is -0.0563. The fraction of sp³-hybridized carbons (Fsp3) is 0.278. The Hall–Kier alpha value is -2.29. The monoisotopic (exact) mass is 282 g/mol. The van der Waals surface area contributed by atoms with Gasteiger partial charge in [-0.2, -0.15) is 0 Å². The van der Waals surface area contributed by atoms with Crippen LogP contribution in [0, 0.1) is 13.8 Å². The first-order chi connectivity index (χ1) is 10.1. The largest absolute Gasteiger partial charge is 0.388 e. The minimum atomic E-state index is -0.0563. The molecule has 3 nitrogen and oxygen atoms in total. The van der Waals surface area contributed by atoms with Gasteiger partial charge in [0.2, 0.25) is 0 Å². The van der Waals surface area contributed by atoms with Crippen molar-refractivity contribution < 1.29 is 4.79 Å². The van der Waals surface area contributed by atoms with E-state index >= 15 is 0 Å². The smallest absolute Gasteiger partial charge is 0.255 e. The van der Waals surface area contributed by atoms with Crippen LogP contribution in [-0.4, -0.2) is 13.0 Å². The summed E-state index contributed by atoms with van der Waals surface area (Å²) in [4.78, 5) is 12.5. The average Bonchev–Trinajstić information content (AvgIpc) is 2.48. The number of amides is 1. The van der Waals surface area contributed by atoms with Crippen molar-refractivity contribution in [3.63, 3.8) is 0 Å². The Kier molecular flexibility index (Phi) is 4.63. The summed E-state index contributed by atoms with van der Waals surface area (Å²) in [7, 11) is 1.87. The minimum Gasteiger partial charge on any atom is -0.388 e. The number of carbonyl (C=O) groups excluding carboxylic acids is 1. The van der Waals surface area contributed by atoms with Crippen LogP contribution in [0.15, 0.2) is 36.4 Å².